The highest BCUT2D eigenvalue weighted by atomic mass is 28.3. The van der Waals surface area contributed by atoms with E-state index in [4.69, 9.17) is 4.74 Å². The van der Waals surface area contributed by atoms with E-state index in [1.54, 1.807) is 0 Å². The van der Waals surface area contributed by atoms with E-state index in [9.17, 15) is 5.11 Å². The second kappa shape index (κ2) is 6.75. The highest BCUT2D eigenvalue weighted by molar-refractivity contribution is 6.76. The van der Waals surface area contributed by atoms with Gasteiger partial charge in [0, 0.05) is 32.5 Å². The maximum atomic E-state index is 9.72. The van der Waals surface area contributed by atoms with Crippen molar-refractivity contribution in [3.05, 3.63) is 30.1 Å². The number of fused-ring (bicyclic) bond motifs is 1. The van der Waals surface area contributed by atoms with Crippen LogP contribution in [0, 0.1) is 0 Å². The molecule has 3 rings (SSSR count). The van der Waals surface area contributed by atoms with Gasteiger partial charge in [-0.1, -0.05) is 19.6 Å². The molecule has 0 saturated heterocycles. The predicted octanol–water partition coefficient (Wildman–Crippen LogP) is 3.98. The standard InChI is InChI=1S/C18H28N2O2Si/c1-23(2,3)9-8-22-13-20-7-6-15-10-16(12-19-18(15)20)14-4-5-17(21)11-14/h6-7,10,12,14,17,21H,4-5,8-9,11,13H2,1-3H3/t14-,17+/m0/s1. The first-order valence-electron chi connectivity index (χ1n) is 8.63. The summed E-state index contributed by atoms with van der Waals surface area (Å²) in [7, 11) is -1.03. The Morgan fingerprint density at radius 2 is 2.17 bits per heavy atom. The molecule has 0 aromatic carbocycles. The highest BCUT2D eigenvalue weighted by Crippen LogP contribution is 2.35. The van der Waals surface area contributed by atoms with Crippen molar-refractivity contribution in [2.24, 2.45) is 0 Å². The zero-order valence-electron chi connectivity index (χ0n) is 14.5. The summed E-state index contributed by atoms with van der Waals surface area (Å²) in [6.45, 7) is 8.50. The van der Waals surface area contributed by atoms with Gasteiger partial charge in [-0.3, -0.25) is 0 Å². The lowest BCUT2D eigenvalue weighted by Gasteiger charge is -2.15. The fourth-order valence-corrected chi connectivity index (χ4v) is 3.98. The quantitative estimate of drug-likeness (QED) is 0.643. The molecular weight excluding hydrogens is 304 g/mol. The second-order valence-corrected chi connectivity index (χ2v) is 13.6. The monoisotopic (exact) mass is 332 g/mol. The summed E-state index contributed by atoms with van der Waals surface area (Å²) >= 11 is 0. The Kier molecular flexibility index (Phi) is 4.89. The van der Waals surface area contributed by atoms with Gasteiger partial charge >= 0.3 is 0 Å². The third-order valence-electron chi connectivity index (χ3n) is 4.73. The van der Waals surface area contributed by atoms with Crippen LogP contribution in [0.3, 0.4) is 0 Å². The average Bonchev–Trinajstić information content (AvgIpc) is 3.08. The molecule has 0 radical (unpaired) electrons. The summed E-state index contributed by atoms with van der Waals surface area (Å²) in [5.74, 6) is 0.457. The van der Waals surface area contributed by atoms with Crippen LogP contribution >= 0.6 is 0 Å². The summed E-state index contributed by atoms with van der Waals surface area (Å²) in [4.78, 5) is 4.65. The van der Waals surface area contributed by atoms with E-state index in [-0.39, 0.29) is 6.10 Å². The van der Waals surface area contributed by atoms with Crippen LogP contribution in [-0.4, -0.2) is 35.4 Å². The van der Waals surface area contributed by atoms with Crippen molar-refractivity contribution in [1.29, 1.82) is 0 Å². The van der Waals surface area contributed by atoms with Gasteiger partial charge in [-0.2, -0.15) is 0 Å². The molecule has 126 valence electrons. The van der Waals surface area contributed by atoms with Crippen LogP contribution in [0.5, 0.6) is 0 Å². The van der Waals surface area contributed by atoms with Gasteiger partial charge in [0.1, 0.15) is 12.4 Å². The van der Waals surface area contributed by atoms with Crippen molar-refractivity contribution < 1.29 is 9.84 Å². The first-order chi connectivity index (χ1) is 10.9. The number of aliphatic hydroxyl groups excluding tert-OH is 1. The van der Waals surface area contributed by atoms with Crippen molar-refractivity contribution in [2.75, 3.05) is 6.61 Å². The van der Waals surface area contributed by atoms with E-state index >= 15 is 0 Å². The van der Waals surface area contributed by atoms with E-state index in [2.05, 4.69) is 47.5 Å². The fraction of sp³-hybridized carbons (Fsp3) is 0.611. The Balaban J connectivity index is 1.64. The van der Waals surface area contributed by atoms with Gasteiger partial charge in [0.15, 0.2) is 0 Å². The van der Waals surface area contributed by atoms with Crippen molar-refractivity contribution >= 4 is 19.1 Å². The minimum absolute atomic E-state index is 0.139. The van der Waals surface area contributed by atoms with E-state index in [0.717, 1.165) is 36.9 Å². The normalized spacial score (nSPS) is 22.1. The first kappa shape index (κ1) is 16.7. The zero-order valence-corrected chi connectivity index (χ0v) is 15.5. The largest absolute Gasteiger partial charge is 0.393 e. The van der Waals surface area contributed by atoms with Gasteiger partial charge in [0.2, 0.25) is 0 Å². The second-order valence-electron chi connectivity index (χ2n) is 7.98. The molecule has 0 bridgehead atoms. The maximum absolute atomic E-state index is 9.72. The Morgan fingerprint density at radius 3 is 2.87 bits per heavy atom. The molecule has 0 unspecified atom stereocenters. The topological polar surface area (TPSA) is 47.3 Å². The summed E-state index contributed by atoms with van der Waals surface area (Å²) in [6, 6.07) is 5.52. The molecule has 5 heteroatoms. The number of nitrogens with zero attached hydrogens (tertiary/aromatic N) is 2. The molecule has 1 aliphatic rings. The third kappa shape index (κ3) is 4.22. The third-order valence-corrected chi connectivity index (χ3v) is 6.43. The lowest BCUT2D eigenvalue weighted by Crippen LogP contribution is -2.22. The molecule has 1 aliphatic carbocycles. The van der Waals surface area contributed by atoms with Crippen LogP contribution in [0.25, 0.3) is 11.0 Å². The van der Waals surface area contributed by atoms with Gasteiger partial charge in [-0.05, 0) is 48.9 Å². The molecule has 0 aliphatic heterocycles. The number of pyridine rings is 1. The van der Waals surface area contributed by atoms with E-state index in [1.807, 2.05) is 6.20 Å². The molecule has 2 heterocycles. The zero-order chi connectivity index (χ0) is 16.4. The van der Waals surface area contributed by atoms with Crippen LogP contribution in [0.1, 0.15) is 30.7 Å². The molecule has 1 fully saturated rings. The smallest absolute Gasteiger partial charge is 0.141 e. The van der Waals surface area contributed by atoms with E-state index in [1.165, 1.54) is 11.6 Å². The maximum Gasteiger partial charge on any atom is 0.141 e. The Labute approximate surface area is 139 Å². The summed E-state index contributed by atoms with van der Waals surface area (Å²) in [5, 5.41) is 10.9. The van der Waals surface area contributed by atoms with Gasteiger partial charge in [-0.25, -0.2) is 4.98 Å². The van der Waals surface area contributed by atoms with Gasteiger partial charge in [0.25, 0.3) is 0 Å². The van der Waals surface area contributed by atoms with Crippen molar-refractivity contribution in [1.82, 2.24) is 9.55 Å². The molecule has 1 saturated carbocycles. The number of hydrogen-bond acceptors (Lipinski definition) is 3. The SMILES string of the molecule is C[Si](C)(C)CCOCn1ccc2cc([C@H]3CC[C@@H](O)C3)cnc21. The number of hydrogen-bond donors (Lipinski definition) is 1. The lowest BCUT2D eigenvalue weighted by atomic mass is 9.99. The Morgan fingerprint density at radius 1 is 1.35 bits per heavy atom. The molecule has 2 aromatic rings. The first-order valence-corrected chi connectivity index (χ1v) is 12.3. The van der Waals surface area contributed by atoms with Crippen molar-refractivity contribution in [2.45, 2.75) is 63.7 Å². The van der Waals surface area contributed by atoms with Crippen LogP contribution in [0.2, 0.25) is 25.7 Å². The van der Waals surface area contributed by atoms with Crippen LogP contribution < -0.4 is 0 Å². The van der Waals surface area contributed by atoms with Crippen LogP contribution in [0.4, 0.5) is 0 Å². The summed E-state index contributed by atoms with van der Waals surface area (Å²) < 4.78 is 7.91. The predicted molar refractivity (Wildman–Crippen MR) is 96.4 cm³/mol. The van der Waals surface area contributed by atoms with Crippen LogP contribution in [0.15, 0.2) is 24.5 Å². The van der Waals surface area contributed by atoms with Crippen molar-refractivity contribution in [3.8, 4) is 0 Å². The van der Waals surface area contributed by atoms with E-state index < -0.39 is 8.07 Å². The number of ether oxygens (including phenoxy) is 1. The van der Waals surface area contributed by atoms with Gasteiger partial charge < -0.3 is 14.4 Å². The van der Waals surface area contributed by atoms with Gasteiger partial charge in [0.05, 0.1) is 6.10 Å². The van der Waals surface area contributed by atoms with Gasteiger partial charge in [-0.15, -0.1) is 0 Å². The minimum atomic E-state index is -1.03. The Bertz CT molecular complexity index is 663. The molecule has 0 spiro atoms. The number of aromatic nitrogens is 2. The molecule has 2 aromatic heterocycles. The Hall–Kier alpha value is -1.17. The molecular formula is C18H28N2O2Si. The minimum Gasteiger partial charge on any atom is -0.393 e. The molecule has 1 N–H and O–H groups in total. The summed E-state index contributed by atoms with van der Waals surface area (Å²) in [5.41, 5.74) is 2.24. The van der Waals surface area contributed by atoms with Crippen molar-refractivity contribution in [3.63, 3.8) is 0 Å². The molecule has 0 amide bonds. The fourth-order valence-electron chi connectivity index (χ4n) is 3.22. The number of rotatable bonds is 6. The lowest BCUT2D eigenvalue weighted by molar-refractivity contribution is 0.0899. The molecule has 23 heavy (non-hydrogen) atoms. The average molecular weight is 333 g/mol. The summed E-state index contributed by atoms with van der Waals surface area (Å²) in [6.07, 6.45) is 6.74. The number of aliphatic hydroxyl groups is 1. The molecule has 4 nitrogen and oxygen atoms in total. The highest BCUT2D eigenvalue weighted by Gasteiger charge is 2.24. The van der Waals surface area contributed by atoms with Crippen LogP contribution in [-0.2, 0) is 11.5 Å². The molecule has 2 atom stereocenters. The van der Waals surface area contributed by atoms with E-state index in [0.29, 0.717) is 12.6 Å².